The quantitative estimate of drug-likeness (QED) is 0.742. The van der Waals surface area contributed by atoms with Gasteiger partial charge in [-0.15, -0.1) is 11.3 Å². The number of hydrogen-bond donors (Lipinski definition) is 2. The molecule has 2 N–H and O–H groups in total. The topological polar surface area (TPSA) is 66.4 Å². The van der Waals surface area contributed by atoms with Gasteiger partial charge in [-0.05, 0) is 47.2 Å². The molecule has 3 rings (SSSR count). The highest BCUT2D eigenvalue weighted by Gasteiger charge is 2.14. The van der Waals surface area contributed by atoms with Gasteiger partial charge in [0.2, 0.25) is 0 Å². The minimum atomic E-state index is -1.15. The summed E-state index contributed by atoms with van der Waals surface area (Å²) in [4.78, 5) is 23.5. The summed E-state index contributed by atoms with van der Waals surface area (Å²) < 4.78 is 1.00. The number of nitrogens with one attached hydrogen (secondary N) is 1. The number of carbonyl (C=O) groups is 2. The number of benzene rings is 2. The zero-order chi connectivity index (χ0) is 15.7. The maximum absolute atomic E-state index is 12.3. The Bertz CT molecular complexity index is 888. The van der Waals surface area contributed by atoms with E-state index in [1.165, 1.54) is 18.2 Å². The van der Waals surface area contributed by atoms with Crippen LogP contribution in [0.4, 0.5) is 5.69 Å². The number of thiophene rings is 1. The molecule has 0 saturated heterocycles. The van der Waals surface area contributed by atoms with Gasteiger partial charge in [0.05, 0.1) is 11.3 Å². The Hall–Kier alpha value is -2.37. The van der Waals surface area contributed by atoms with E-state index in [0.717, 1.165) is 10.1 Å². The van der Waals surface area contributed by atoms with Crippen molar-refractivity contribution in [3.63, 3.8) is 0 Å². The van der Waals surface area contributed by atoms with Crippen molar-refractivity contribution < 1.29 is 14.7 Å². The van der Waals surface area contributed by atoms with Crippen molar-refractivity contribution in [3.8, 4) is 0 Å². The lowest BCUT2D eigenvalue weighted by Gasteiger charge is -2.09. The van der Waals surface area contributed by atoms with Crippen LogP contribution in [0.2, 0.25) is 5.02 Å². The van der Waals surface area contributed by atoms with Crippen molar-refractivity contribution in [2.24, 2.45) is 0 Å². The van der Waals surface area contributed by atoms with E-state index in [0.29, 0.717) is 10.6 Å². The van der Waals surface area contributed by atoms with Crippen LogP contribution in [0, 0.1) is 0 Å². The Morgan fingerprint density at radius 1 is 1.09 bits per heavy atom. The number of carboxylic acid groups (broad SMARTS) is 1. The fraction of sp³-hybridized carbons (Fsp3) is 0. The number of carbonyl (C=O) groups excluding carboxylic acids is 1. The summed E-state index contributed by atoms with van der Waals surface area (Å²) in [6.45, 7) is 0. The summed E-state index contributed by atoms with van der Waals surface area (Å²) in [5.74, 6) is -1.51. The summed E-state index contributed by atoms with van der Waals surface area (Å²) in [7, 11) is 0. The molecule has 0 aliphatic rings. The number of aromatic carboxylic acids is 1. The third-order valence-electron chi connectivity index (χ3n) is 3.18. The normalized spacial score (nSPS) is 10.6. The van der Waals surface area contributed by atoms with Crippen LogP contribution in [0.15, 0.2) is 47.8 Å². The zero-order valence-corrected chi connectivity index (χ0v) is 12.7. The van der Waals surface area contributed by atoms with Crippen molar-refractivity contribution >= 4 is 50.6 Å². The average Bonchev–Trinajstić information content (AvgIpc) is 2.96. The van der Waals surface area contributed by atoms with E-state index < -0.39 is 5.97 Å². The maximum Gasteiger partial charge on any atom is 0.337 e. The van der Waals surface area contributed by atoms with Crippen LogP contribution in [0.25, 0.3) is 10.1 Å². The first-order valence-electron chi connectivity index (χ1n) is 6.36. The van der Waals surface area contributed by atoms with E-state index in [9.17, 15) is 14.7 Å². The predicted octanol–water partition coefficient (Wildman–Crippen LogP) is 4.51. The molecule has 1 heterocycles. The van der Waals surface area contributed by atoms with E-state index >= 15 is 0 Å². The number of amides is 1. The smallest absolute Gasteiger partial charge is 0.337 e. The number of rotatable bonds is 3. The molecular weight excluding hydrogens is 322 g/mol. The molecule has 0 spiro atoms. The lowest BCUT2D eigenvalue weighted by atomic mass is 10.1. The molecule has 0 bridgehead atoms. The summed E-state index contributed by atoms with van der Waals surface area (Å²) in [6.07, 6.45) is 0. The Kier molecular flexibility index (Phi) is 3.83. The molecule has 110 valence electrons. The van der Waals surface area contributed by atoms with Gasteiger partial charge in [-0.25, -0.2) is 4.79 Å². The molecule has 1 amide bonds. The van der Waals surface area contributed by atoms with Crippen molar-refractivity contribution in [2.75, 3.05) is 5.32 Å². The van der Waals surface area contributed by atoms with Crippen LogP contribution in [-0.4, -0.2) is 17.0 Å². The van der Waals surface area contributed by atoms with Gasteiger partial charge < -0.3 is 10.4 Å². The van der Waals surface area contributed by atoms with Crippen molar-refractivity contribution in [1.82, 2.24) is 0 Å². The van der Waals surface area contributed by atoms with E-state index in [1.54, 1.807) is 23.5 Å². The molecule has 0 aliphatic heterocycles. The third kappa shape index (κ3) is 2.81. The molecule has 0 aliphatic carbocycles. The number of anilines is 1. The van der Waals surface area contributed by atoms with Gasteiger partial charge in [-0.2, -0.15) is 0 Å². The lowest BCUT2D eigenvalue weighted by molar-refractivity contribution is 0.0698. The highest BCUT2D eigenvalue weighted by molar-refractivity contribution is 7.17. The van der Waals surface area contributed by atoms with Crippen LogP contribution in [0.1, 0.15) is 20.7 Å². The Morgan fingerprint density at radius 2 is 1.91 bits per heavy atom. The largest absolute Gasteiger partial charge is 0.478 e. The number of fused-ring (bicyclic) bond motifs is 1. The summed E-state index contributed by atoms with van der Waals surface area (Å²) >= 11 is 7.34. The highest BCUT2D eigenvalue weighted by Crippen LogP contribution is 2.24. The third-order valence-corrected chi connectivity index (χ3v) is 4.29. The van der Waals surface area contributed by atoms with Crippen LogP contribution >= 0.6 is 22.9 Å². The molecule has 0 radical (unpaired) electrons. The van der Waals surface area contributed by atoms with Crippen molar-refractivity contribution in [3.05, 3.63) is 64.0 Å². The van der Waals surface area contributed by atoms with Gasteiger partial charge in [0, 0.05) is 15.3 Å². The Morgan fingerprint density at radius 3 is 2.68 bits per heavy atom. The summed E-state index contributed by atoms with van der Waals surface area (Å²) in [6, 6.07) is 11.7. The molecule has 0 unspecified atom stereocenters. The standard InChI is InChI=1S/C16H10ClNO3S/c17-11-3-4-13(12(8-11)16(20)21)18-15(19)10-2-1-9-5-6-22-14(9)7-10/h1-8H,(H,18,19)(H,20,21). The van der Waals surface area contributed by atoms with E-state index in [1.807, 2.05) is 17.5 Å². The van der Waals surface area contributed by atoms with Crippen molar-refractivity contribution in [2.45, 2.75) is 0 Å². The monoisotopic (exact) mass is 331 g/mol. The second kappa shape index (κ2) is 5.79. The van der Waals surface area contributed by atoms with E-state index in [4.69, 9.17) is 11.6 Å². The number of halogens is 1. The first-order valence-corrected chi connectivity index (χ1v) is 7.62. The van der Waals surface area contributed by atoms with Gasteiger partial charge in [0.1, 0.15) is 0 Å². The second-order valence-corrected chi connectivity index (χ2v) is 6.01. The molecule has 0 atom stereocenters. The zero-order valence-electron chi connectivity index (χ0n) is 11.2. The Labute approximate surface area is 135 Å². The second-order valence-electron chi connectivity index (χ2n) is 4.62. The van der Waals surface area contributed by atoms with Crippen LogP contribution in [0.3, 0.4) is 0 Å². The fourth-order valence-corrected chi connectivity index (χ4v) is 3.09. The average molecular weight is 332 g/mol. The van der Waals surface area contributed by atoms with Crippen LogP contribution < -0.4 is 5.32 Å². The molecule has 6 heteroatoms. The minimum Gasteiger partial charge on any atom is -0.478 e. The first kappa shape index (κ1) is 14.6. The summed E-state index contributed by atoms with van der Waals surface area (Å²) in [5.41, 5.74) is 0.646. The number of hydrogen-bond acceptors (Lipinski definition) is 3. The van der Waals surface area contributed by atoms with Crippen LogP contribution in [0.5, 0.6) is 0 Å². The Balaban J connectivity index is 1.92. The van der Waals surface area contributed by atoms with E-state index in [-0.39, 0.29) is 17.2 Å². The van der Waals surface area contributed by atoms with Gasteiger partial charge in [-0.3, -0.25) is 4.79 Å². The molecule has 4 nitrogen and oxygen atoms in total. The predicted molar refractivity (Wildman–Crippen MR) is 88.2 cm³/mol. The molecule has 1 aromatic heterocycles. The fourth-order valence-electron chi connectivity index (χ4n) is 2.09. The minimum absolute atomic E-state index is 0.0435. The first-order chi connectivity index (χ1) is 10.5. The van der Waals surface area contributed by atoms with Gasteiger partial charge in [-0.1, -0.05) is 17.7 Å². The molecule has 0 fully saturated rings. The maximum atomic E-state index is 12.3. The molecule has 2 aromatic carbocycles. The molecule has 22 heavy (non-hydrogen) atoms. The molecule has 3 aromatic rings. The highest BCUT2D eigenvalue weighted by atomic mass is 35.5. The summed E-state index contributed by atoms with van der Waals surface area (Å²) in [5, 5.41) is 15.1. The lowest BCUT2D eigenvalue weighted by Crippen LogP contribution is -2.14. The molecular formula is C16H10ClNO3S. The van der Waals surface area contributed by atoms with Gasteiger partial charge >= 0.3 is 5.97 Å². The van der Waals surface area contributed by atoms with Crippen LogP contribution in [-0.2, 0) is 0 Å². The van der Waals surface area contributed by atoms with Crippen molar-refractivity contribution in [1.29, 1.82) is 0 Å². The van der Waals surface area contributed by atoms with E-state index in [2.05, 4.69) is 5.32 Å². The van der Waals surface area contributed by atoms with Gasteiger partial charge in [0.25, 0.3) is 5.91 Å². The number of carboxylic acids is 1. The van der Waals surface area contributed by atoms with Gasteiger partial charge in [0.15, 0.2) is 0 Å². The molecule has 0 saturated carbocycles. The SMILES string of the molecule is O=C(Nc1ccc(Cl)cc1C(=O)O)c1ccc2ccsc2c1.